The van der Waals surface area contributed by atoms with Gasteiger partial charge in [0.1, 0.15) is 12.3 Å². The molecule has 9 nitrogen and oxygen atoms in total. The molecule has 202 valence electrons. The van der Waals surface area contributed by atoms with E-state index in [1.807, 2.05) is 59.5 Å². The zero-order valence-corrected chi connectivity index (χ0v) is 21.9. The molecule has 3 aliphatic rings. The Morgan fingerprint density at radius 1 is 0.821 bits per heavy atom. The Morgan fingerprint density at radius 3 is 2.28 bits per heavy atom. The monoisotopic (exact) mass is 528 g/mol. The number of benzene rings is 3. The van der Waals surface area contributed by atoms with Gasteiger partial charge in [0.2, 0.25) is 0 Å². The molecule has 2 amide bonds. The molecule has 0 aliphatic carbocycles. The summed E-state index contributed by atoms with van der Waals surface area (Å²) >= 11 is 0. The SMILES string of the molecule is O=C(c1ccc(N2CCC(N3C(=O)OCc4ccccc43)CC2)c([NH2+]O)c1)N1CCN(c2ccccc2)CC1. The van der Waals surface area contributed by atoms with Gasteiger partial charge in [0.05, 0.1) is 5.69 Å². The minimum absolute atomic E-state index is 0.0154. The molecule has 2 fully saturated rings. The van der Waals surface area contributed by atoms with Gasteiger partial charge in [-0.3, -0.25) is 9.69 Å². The van der Waals surface area contributed by atoms with Crippen molar-refractivity contribution in [3.05, 3.63) is 83.9 Å². The Balaban J connectivity index is 1.10. The van der Waals surface area contributed by atoms with Crippen LogP contribution in [-0.2, 0) is 11.3 Å². The molecular weight excluding hydrogens is 494 g/mol. The minimum Gasteiger partial charge on any atom is -0.444 e. The lowest BCUT2D eigenvalue weighted by Crippen LogP contribution is -2.74. The highest BCUT2D eigenvalue weighted by molar-refractivity contribution is 5.96. The number of piperazine rings is 1. The van der Waals surface area contributed by atoms with Gasteiger partial charge >= 0.3 is 6.09 Å². The number of ether oxygens (including phenoxy) is 1. The number of carbonyl (C=O) groups excluding carboxylic acids is 2. The molecule has 0 spiro atoms. The number of quaternary nitrogens is 1. The average molecular weight is 529 g/mol. The maximum atomic E-state index is 13.3. The van der Waals surface area contributed by atoms with E-state index in [4.69, 9.17) is 4.74 Å². The highest BCUT2D eigenvalue weighted by Crippen LogP contribution is 2.34. The summed E-state index contributed by atoms with van der Waals surface area (Å²) in [5, 5.41) is 10.1. The summed E-state index contributed by atoms with van der Waals surface area (Å²) in [6.45, 7) is 4.66. The molecule has 39 heavy (non-hydrogen) atoms. The molecule has 0 atom stereocenters. The predicted octanol–water partition coefficient (Wildman–Crippen LogP) is 3.36. The number of para-hydroxylation sites is 2. The zero-order valence-electron chi connectivity index (χ0n) is 21.9. The van der Waals surface area contributed by atoms with Gasteiger partial charge in [-0.05, 0) is 43.2 Å². The van der Waals surface area contributed by atoms with Crippen LogP contribution in [0.5, 0.6) is 0 Å². The van der Waals surface area contributed by atoms with E-state index in [-0.39, 0.29) is 18.0 Å². The molecule has 0 radical (unpaired) electrons. The maximum Gasteiger partial charge on any atom is 0.414 e. The molecule has 0 unspecified atom stereocenters. The van der Waals surface area contributed by atoms with Gasteiger partial charge in [-0.2, -0.15) is 5.48 Å². The Morgan fingerprint density at radius 2 is 1.54 bits per heavy atom. The van der Waals surface area contributed by atoms with Crippen LogP contribution in [0.25, 0.3) is 0 Å². The fraction of sp³-hybridized carbons (Fsp3) is 0.333. The number of cyclic esters (lactones) is 1. The predicted molar refractivity (Wildman–Crippen MR) is 149 cm³/mol. The number of fused-ring (bicyclic) bond motifs is 1. The standard InChI is InChI=1S/C30H33N5O4/c36-29(34-18-16-32(17-19-34)24-7-2-1-3-8-24)22-10-11-28(26(20-22)31-38)33-14-12-25(13-15-33)35-27-9-5-4-6-23(27)21-39-30(35)37/h1-11,20,25,31,38H,12-19,21H2/p+1. The van der Waals surface area contributed by atoms with Crippen LogP contribution < -0.4 is 20.2 Å². The quantitative estimate of drug-likeness (QED) is 0.390. The fourth-order valence-electron chi connectivity index (χ4n) is 5.95. The first-order valence-electron chi connectivity index (χ1n) is 13.6. The van der Waals surface area contributed by atoms with Crippen molar-refractivity contribution >= 4 is 34.7 Å². The number of anilines is 3. The van der Waals surface area contributed by atoms with Crippen LogP contribution in [0.4, 0.5) is 27.5 Å². The lowest BCUT2D eigenvalue weighted by molar-refractivity contribution is -0.825. The molecule has 0 saturated carbocycles. The van der Waals surface area contributed by atoms with Gasteiger partial charge in [0.25, 0.3) is 5.91 Å². The fourth-order valence-corrected chi connectivity index (χ4v) is 5.95. The van der Waals surface area contributed by atoms with Crippen LogP contribution in [0.3, 0.4) is 0 Å². The van der Waals surface area contributed by atoms with Crippen molar-refractivity contribution in [1.29, 1.82) is 0 Å². The van der Waals surface area contributed by atoms with Gasteiger partial charge in [-0.1, -0.05) is 36.4 Å². The smallest absolute Gasteiger partial charge is 0.414 e. The number of hydrogen-bond donors (Lipinski definition) is 2. The molecule has 0 bridgehead atoms. The molecule has 2 saturated heterocycles. The van der Waals surface area contributed by atoms with Gasteiger partial charge < -0.3 is 19.4 Å². The number of carbonyl (C=O) groups is 2. The van der Waals surface area contributed by atoms with E-state index in [0.29, 0.717) is 30.9 Å². The number of piperidine rings is 1. The summed E-state index contributed by atoms with van der Waals surface area (Å²) in [6, 6.07) is 23.8. The summed E-state index contributed by atoms with van der Waals surface area (Å²) in [4.78, 5) is 34.1. The second-order valence-corrected chi connectivity index (χ2v) is 10.3. The molecule has 6 rings (SSSR count). The first-order valence-corrected chi connectivity index (χ1v) is 13.6. The van der Waals surface area contributed by atoms with Gasteiger partial charge in [0, 0.05) is 68.2 Å². The third-order valence-electron chi connectivity index (χ3n) is 8.07. The Kier molecular flexibility index (Phi) is 7.08. The van der Waals surface area contributed by atoms with Crippen LogP contribution in [0.1, 0.15) is 28.8 Å². The average Bonchev–Trinajstić information content (AvgIpc) is 3.01. The van der Waals surface area contributed by atoms with Gasteiger partial charge in [-0.25, -0.2) is 10.0 Å². The molecular formula is C30H34N5O4+. The van der Waals surface area contributed by atoms with E-state index in [1.165, 1.54) is 5.69 Å². The van der Waals surface area contributed by atoms with E-state index in [9.17, 15) is 14.8 Å². The van der Waals surface area contributed by atoms with E-state index in [2.05, 4.69) is 21.9 Å². The molecule has 3 aromatic rings. The van der Waals surface area contributed by atoms with E-state index >= 15 is 0 Å². The Hall–Kier alpha value is -4.08. The zero-order chi connectivity index (χ0) is 26.8. The van der Waals surface area contributed by atoms with Crippen molar-refractivity contribution in [2.75, 3.05) is 54.0 Å². The normalized spacial score (nSPS) is 18.1. The first-order chi connectivity index (χ1) is 19.1. The molecule has 9 heteroatoms. The summed E-state index contributed by atoms with van der Waals surface area (Å²) in [5.41, 5.74) is 6.32. The van der Waals surface area contributed by atoms with E-state index < -0.39 is 0 Å². The topological polar surface area (TPSA) is 93.2 Å². The Bertz CT molecular complexity index is 1330. The van der Waals surface area contributed by atoms with Crippen molar-refractivity contribution in [3.63, 3.8) is 0 Å². The van der Waals surface area contributed by atoms with Crippen molar-refractivity contribution in [3.8, 4) is 0 Å². The molecule has 3 aromatic carbocycles. The molecule has 3 aliphatic heterocycles. The minimum atomic E-state index is -0.288. The number of nitrogens with zero attached hydrogens (tertiary/aromatic N) is 4. The lowest BCUT2D eigenvalue weighted by Gasteiger charge is -2.41. The van der Waals surface area contributed by atoms with Crippen LogP contribution in [-0.4, -0.2) is 67.4 Å². The number of nitrogens with two attached hydrogens (primary N) is 1. The van der Waals surface area contributed by atoms with E-state index in [0.717, 1.165) is 61.4 Å². The summed E-state index contributed by atoms with van der Waals surface area (Å²) in [6.07, 6.45) is 1.27. The molecule has 3 heterocycles. The third-order valence-corrected chi connectivity index (χ3v) is 8.07. The van der Waals surface area contributed by atoms with Crippen LogP contribution in [0.15, 0.2) is 72.8 Å². The van der Waals surface area contributed by atoms with Crippen molar-refractivity contribution in [2.24, 2.45) is 0 Å². The summed E-state index contributed by atoms with van der Waals surface area (Å²) in [5.74, 6) is -0.0154. The van der Waals surface area contributed by atoms with Crippen molar-refractivity contribution < 1.29 is 25.0 Å². The van der Waals surface area contributed by atoms with Crippen LogP contribution in [0, 0.1) is 0 Å². The first kappa shape index (κ1) is 25.2. The van der Waals surface area contributed by atoms with Crippen LogP contribution in [0.2, 0.25) is 0 Å². The van der Waals surface area contributed by atoms with Gasteiger partial charge in [-0.15, -0.1) is 0 Å². The van der Waals surface area contributed by atoms with Gasteiger partial charge in [0.15, 0.2) is 5.69 Å². The van der Waals surface area contributed by atoms with Crippen molar-refractivity contribution in [1.82, 2.24) is 4.90 Å². The van der Waals surface area contributed by atoms with Crippen molar-refractivity contribution in [2.45, 2.75) is 25.5 Å². The van der Waals surface area contributed by atoms with E-state index in [1.54, 1.807) is 11.0 Å². The highest BCUT2D eigenvalue weighted by Gasteiger charge is 2.35. The highest BCUT2D eigenvalue weighted by atomic mass is 16.6. The summed E-state index contributed by atoms with van der Waals surface area (Å²) < 4.78 is 5.43. The number of hydrogen-bond acceptors (Lipinski definition) is 6. The Labute approximate surface area is 228 Å². The molecule has 3 N–H and O–H groups in total. The summed E-state index contributed by atoms with van der Waals surface area (Å²) in [7, 11) is 0. The second-order valence-electron chi connectivity index (χ2n) is 10.3. The third kappa shape index (κ3) is 5.03. The largest absolute Gasteiger partial charge is 0.444 e. The maximum absolute atomic E-state index is 13.3. The number of rotatable bonds is 5. The lowest BCUT2D eigenvalue weighted by atomic mass is 9.99. The number of amides is 2. The van der Waals surface area contributed by atoms with Crippen LogP contribution >= 0.6 is 0 Å². The molecule has 0 aromatic heterocycles. The second kappa shape index (κ2) is 11.0.